The summed E-state index contributed by atoms with van der Waals surface area (Å²) in [6.45, 7) is 3.75. The highest BCUT2D eigenvalue weighted by atomic mass is 32.2. The third-order valence-electron chi connectivity index (χ3n) is 5.23. The van der Waals surface area contributed by atoms with E-state index in [2.05, 4.69) is 5.32 Å². The van der Waals surface area contributed by atoms with E-state index in [0.29, 0.717) is 22.6 Å². The monoisotopic (exact) mass is 517 g/mol. The van der Waals surface area contributed by atoms with Gasteiger partial charge in [0.2, 0.25) is 5.91 Å². The lowest BCUT2D eigenvalue weighted by atomic mass is 10.00. The van der Waals surface area contributed by atoms with Crippen LogP contribution in [-0.2, 0) is 29.6 Å². The minimum Gasteiger partial charge on any atom is -0.480 e. The Balaban J connectivity index is 3.37. The van der Waals surface area contributed by atoms with E-state index in [1.54, 1.807) is 30.3 Å². The normalized spacial score (nSPS) is 14.4. The molecule has 3 amide bonds. The van der Waals surface area contributed by atoms with E-state index in [1.807, 2.05) is 20.1 Å². The van der Waals surface area contributed by atoms with Crippen LogP contribution in [0.2, 0.25) is 0 Å². The zero-order valence-corrected chi connectivity index (χ0v) is 22.0. The van der Waals surface area contributed by atoms with Crippen LogP contribution < -0.4 is 11.1 Å². The summed E-state index contributed by atoms with van der Waals surface area (Å²) in [7, 11) is -1.12. The molecule has 1 aromatic rings. The summed E-state index contributed by atoms with van der Waals surface area (Å²) in [5, 5.41) is 12.9. The maximum Gasteiger partial charge on any atom is 0.346 e. The number of primary amides is 1. The van der Waals surface area contributed by atoms with Crippen LogP contribution in [0.25, 0.3) is 0 Å². The first-order chi connectivity index (χ1) is 16.0. The summed E-state index contributed by atoms with van der Waals surface area (Å²) in [5.74, 6) is -2.44. The second kappa shape index (κ2) is 14.5. The van der Waals surface area contributed by atoms with Crippen molar-refractivity contribution in [1.29, 1.82) is 0 Å². The van der Waals surface area contributed by atoms with Gasteiger partial charge < -0.3 is 19.9 Å². The molecule has 3 atom stereocenters. The summed E-state index contributed by atoms with van der Waals surface area (Å²) < 4.78 is 23.5. The van der Waals surface area contributed by atoms with Crippen molar-refractivity contribution in [3.05, 3.63) is 35.9 Å². The fourth-order valence-electron chi connectivity index (χ4n) is 3.55. The molecule has 0 saturated heterocycles. The standard InChI is InChI=1S/C22H36N3O7PS/c1-15(2)13-17(24-19(11-12-34-5)33(30,31-3)32-4)20(26)25(22(23)29)18(21(27)28)14-16-9-7-6-8-10-16/h6-10,15,17-19,24H,11-14H2,1-5H3,(H2,23,29)(H,27,28)/t17-,18-,19?/m0/s1. The molecule has 0 aliphatic rings. The van der Waals surface area contributed by atoms with Crippen molar-refractivity contribution in [2.45, 2.75) is 51.0 Å². The molecule has 0 radical (unpaired) electrons. The van der Waals surface area contributed by atoms with Crippen LogP contribution in [-0.4, -0.2) is 72.0 Å². The molecule has 0 heterocycles. The summed E-state index contributed by atoms with van der Waals surface area (Å²) in [5.41, 5.74) is 6.14. The number of nitrogens with one attached hydrogen (secondary N) is 1. The van der Waals surface area contributed by atoms with Gasteiger partial charge in [-0.15, -0.1) is 0 Å². The number of carboxylic acids is 1. The van der Waals surface area contributed by atoms with Gasteiger partial charge in [-0.25, -0.2) is 14.5 Å². The molecule has 4 N–H and O–H groups in total. The van der Waals surface area contributed by atoms with Gasteiger partial charge in [-0.05, 0) is 36.3 Å². The van der Waals surface area contributed by atoms with Crippen molar-refractivity contribution in [1.82, 2.24) is 10.2 Å². The molecule has 34 heavy (non-hydrogen) atoms. The quantitative estimate of drug-likeness (QED) is 0.298. The molecule has 0 saturated carbocycles. The van der Waals surface area contributed by atoms with Gasteiger partial charge in [-0.3, -0.25) is 14.7 Å². The predicted molar refractivity (Wildman–Crippen MR) is 133 cm³/mol. The van der Waals surface area contributed by atoms with Crippen molar-refractivity contribution < 1.29 is 33.1 Å². The molecule has 0 aliphatic carbocycles. The van der Waals surface area contributed by atoms with Crippen LogP contribution in [0.4, 0.5) is 4.79 Å². The van der Waals surface area contributed by atoms with E-state index < -0.39 is 43.4 Å². The average Bonchev–Trinajstić information content (AvgIpc) is 2.79. The first-order valence-electron chi connectivity index (χ1n) is 10.9. The molecule has 12 heteroatoms. The van der Waals surface area contributed by atoms with Crippen LogP contribution in [0, 0.1) is 5.92 Å². The summed E-state index contributed by atoms with van der Waals surface area (Å²) >= 11 is 1.52. The Labute approximate surface area is 205 Å². The summed E-state index contributed by atoms with van der Waals surface area (Å²) in [6, 6.07) is 4.92. The number of carbonyl (C=O) groups is 3. The lowest BCUT2D eigenvalue weighted by molar-refractivity contribution is -0.148. The van der Waals surface area contributed by atoms with Crippen molar-refractivity contribution in [3.63, 3.8) is 0 Å². The Bertz CT molecular complexity index is 848. The minimum atomic E-state index is -3.64. The van der Waals surface area contributed by atoms with Gasteiger partial charge in [0, 0.05) is 20.6 Å². The molecule has 192 valence electrons. The van der Waals surface area contributed by atoms with E-state index in [4.69, 9.17) is 14.8 Å². The van der Waals surface area contributed by atoms with E-state index in [0.717, 1.165) is 0 Å². The molecule has 0 aliphatic heterocycles. The Kier molecular flexibility index (Phi) is 12.8. The maximum atomic E-state index is 13.6. The van der Waals surface area contributed by atoms with E-state index in [9.17, 15) is 24.1 Å². The molecule has 0 spiro atoms. The van der Waals surface area contributed by atoms with Crippen LogP contribution in [0.5, 0.6) is 0 Å². The van der Waals surface area contributed by atoms with Gasteiger partial charge in [0.05, 0.1) is 6.04 Å². The third kappa shape index (κ3) is 8.70. The van der Waals surface area contributed by atoms with Gasteiger partial charge >= 0.3 is 19.6 Å². The van der Waals surface area contributed by atoms with Crippen molar-refractivity contribution in [2.24, 2.45) is 11.7 Å². The largest absolute Gasteiger partial charge is 0.480 e. The highest BCUT2D eigenvalue weighted by Gasteiger charge is 2.41. The number of nitrogens with two attached hydrogens (primary N) is 1. The number of carbonyl (C=O) groups excluding carboxylic acids is 2. The van der Waals surface area contributed by atoms with Gasteiger partial charge in [-0.1, -0.05) is 44.2 Å². The van der Waals surface area contributed by atoms with Crippen LogP contribution in [0.15, 0.2) is 30.3 Å². The van der Waals surface area contributed by atoms with E-state index in [-0.39, 0.29) is 18.8 Å². The van der Waals surface area contributed by atoms with Crippen molar-refractivity contribution in [3.8, 4) is 0 Å². The molecular formula is C22H36N3O7PS. The second-order valence-electron chi connectivity index (χ2n) is 8.14. The number of urea groups is 1. The van der Waals surface area contributed by atoms with Crippen molar-refractivity contribution in [2.75, 3.05) is 26.2 Å². The number of carboxylic acid groups (broad SMARTS) is 1. The Morgan fingerprint density at radius 2 is 1.76 bits per heavy atom. The molecule has 0 bridgehead atoms. The summed E-state index contributed by atoms with van der Waals surface area (Å²) in [4.78, 5) is 38.6. The lowest BCUT2D eigenvalue weighted by Gasteiger charge is -2.33. The number of rotatable bonds is 15. The summed E-state index contributed by atoms with van der Waals surface area (Å²) in [6.07, 6.45) is 2.37. The number of hydrogen-bond acceptors (Lipinski definition) is 8. The third-order valence-corrected chi connectivity index (χ3v) is 8.06. The number of hydrogen-bond donors (Lipinski definition) is 3. The fourth-order valence-corrected chi connectivity index (χ4v) is 5.66. The van der Waals surface area contributed by atoms with Crippen LogP contribution in [0.1, 0.15) is 32.3 Å². The molecule has 0 fully saturated rings. The lowest BCUT2D eigenvalue weighted by Crippen LogP contribution is -2.59. The van der Waals surface area contributed by atoms with Crippen LogP contribution in [0.3, 0.4) is 0 Å². The zero-order chi connectivity index (χ0) is 25.9. The molecular weight excluding hydrogens is 481 g/mol. The first kappa shape index (κ1) is 30.1. The second-order valence-corrected chi connectivity index (χ2v) is 11.6. The number of aliphatic carboxylic acids is 1. The SMILES string of the molecule is COP(=O)(OC)C(CCSC)N[C@@H](CC(C)C)C(=O)N(C(N)=O)[C@@H](Cc1ccccc1)C(=O)O. The number of benzene rings is 1. The average molecular weight is 518 g/mol. The zero-order valence-electron chi connectivity index (χ0n) is 20.3. The first-order valence-corrected chi connectivity index (χ1v) is 13.9. The molecule has 0 aromatic heterocycles. The number of amides is 3. The van der Waals surface area contributed by atoms with Gasteiger partial charge in [-0.2, -0.15) is 11.8 Å². The molecule has 1 aromatic carbocycles. The minimum absolute atomic E-state index is 0.0146. The fraction of sp³-hybridized carbons (Fsp3) is 0.591. The molecule has 10 nitrogen and oxygen atoms in total. The maximum absolute atomic E-state index is 13.6. The number of nitrogens with zero attached hydrogens (tertiary/aromatic N) is 1. The Morgan fingerprint density at radius 3 is 2.21 bits per heavy atom. The highest BCUT2D eigenvalue weighted by Crippen LogP contribution is 2.52. The Morgan fingerprint density at radius 1 is 1.18 bits per heavy atom. The smallest absolute Gasteiger partial charge is 0.346 e. The topological polar surface area (TPSA) is 148 Å². The highest BCUT2D eigenvalue weighted by molar-refractivity contribution is 7.98. The number of imide groups is 1. The number of thioether (sulfide) groups is 1. The van der Waals surface area contributed by atoms with Crippen LogP contribution >= 0.6 is 19.4 Å². The molecule has 1 rings (SSSR count). The van der Waals surface area contributed by atoms with E-state index in [1.165, 1.54) is 26.0 Å². The van der Waals surface area contributed by atoms with Gasteiger partial charge in [0.1, 0.15) is 11.8 Å². The van der Waals surface area contributed by atoms with Crippen molar-refractivity contribution >= 4 is 37.3 Å². The van der Waals surface area contributed by atoms with Gasteiger partial charge in [0.25, 0.3) is 0 Å². The molecule has 1 unspecified atom stereocenters. The predicted octanol–water partition coefficient (Wildman–Crippen LogP) is 3.16. The van der Waals surface area contributed by atoms with Gasteiger partial charge in [0.15, 0.2) is 0 Å². The van der Waals surface area contributed by atoms with E-state index >= 15 is 0 Å². The Hall–Kier alpha value is -1.91.